The molecule has 1 atom stereocenters. The molecule has 1 unspecified atom stereocenters. The van der Waals surface area contributed by atoms with Crippen molar-refractivity contribution in [2.45, 2.75) is 6.42 Å². The molecule has 1 radical (unpaired) electrons. The van der Waals surface area contributed by atoms with Crippen molar-refractivity contribution in [3.8, 4) is 0 Å². The van der Waals surface area contributed by atoms with Crippen molar-refractivity contribution in [3.63, 3.8) is 0 Å². The molecule has 1 aliphatic carbocycles. The number of primary amides is 1. The summed E-state index contributed by atoms with van der Waals surface area (Å²) < 4.78 is 0. The van der Waals surface area contributed by atoms with E-state index in [4.69, 9.17) is 5.73 Å². The molecule has 1 rings (SSSR count). The Balaban J connectivity index is 2.31. The fourth-order valence-electron chi connectivity index (χ4n) is 0.300. The van der Waals surface area contributed by atoms with Crippen LogP contribution in [0.2, 0.25) is 0 Å². The van der Waals surface area contributed by atoms with Crippen LogP contribution in [0, 0.1) is 12.3 Å². The highest BCUT2D eigenvalue weighted by Crippen LogP contribution is 2.25. The fourth-order valence-corrected chi connectivity index (χ4v) is 0.300. The van der Waals surface area contributed by atoms with E-state index in [0.29, 0.717) is 0 Å². The van der Waals surface area contributed by atoms with Crippen LogP contribution in [-0.2, 0) is 4.79 Å². The molecule has 1 fully saturated rings. The molecular weight excluding hydrogens is 78.0 g/mol. The summed E-state index contributed by atoms with van der Waals surface area (Å²) in [5, 5.41) is 0. The van der Waals surface area contributed by atoms with Crippen molar-refractivity contribution < 1.29 is 4.79 Å². The molecule has 6 heavy (non-hydrogen) atoms. The minimum atomic E-state index is -0.185. The van der Waals surface area contributed by atoms with Gasteiger partial charge in [0, 0.05) is 5.92 Å². The molecule has 2 heteroatoms. The highest BCUT2D eigenvalue weighted by Gasteiger charge is 2.27. The Hall–Kier alpha value is -0.530. The maximum absolute atomic E-state index is 9.95. The number of carbonyl (C=O) groups is 1. The molecule has 33 valence electrons. The molecule has 2 N–H and O–H groups in total. The van der Waals surface area contributed by atoms with Gasteiger partial charge in [0.2, 0.25) is 5.91 Å². The lowest BCUT2D eigenvalue weighted by Crippen LogP contribution is -2.11. The van der Waals surface area contributed by atoms with E-state index < -0.39 is 0 Å². The Morgan fingerprint density at radius 2 is 2.50 bits per heavy atom. The predicted octanol–water partition coefficient (Wildman–Crippen LogP) is -0.304. The van der Waals surface area contributed by atoms with Crippen molar-refractivity contribution >= 4 is 5.91 Å². The summed E-state index contributed by atoms with van der Waals surface area (Å²) in [6.45, 7) is 0. The van der Waals surface area contributed by atoms with Crippen LogP contribution in [0.1, 0.15) is 6.42 Å². The summed E-state index contributed by atoms with van der Waals surface area (Å²) in [6, 6.07) is 0. The first-order chi connectivity index (χ1) is 2.80. The first-order valence-electron chi connectivity index (χ1n) is 1.93. The molecule has 0 heterocycles. The van der Waals surface area contributed by atoms with Crippen molar-refractivity contribution in [1.82, 2.24) is 0 Å². The third-order valence-corrected chi connectivity index (χ3v) is 0.837. The second-order valence-electron chi connectivity index (χ2n) is 1.48. The summed E-state index contributed by atoms with van der Waals surface area (Å²) >= 11 is 0. The van der Waals surface area contributed by atoms with E-state index >= 15 is 0 Å². The van der Waals surface area contributed by atoms with Crippen LogP contribution in [0.25, 0.3) is 0 Å². The van der Waals surface area contributed by atoms with Gasteiger partial charge in [-0.05, 0) is 12.8 Å². The first-order valence-corrected chi connectivity index (χ1v) is 1.93. The minimum absolute atomic E-state index is 0.116. The van der Waals surface area contributed by atoms with Crippen LogP contribution in [-0.4, -0.2) is 5.91 Å². The van der Waals surface area contributed by atoms with Crippen molar-refractivity contribution in [3.05, 3.63) is 6.42 Å². The molecular formula is C4H6NO. The Labute approximate surface area is 36.3 Å². The average Bonchev–Trinajstić information content (AvgIpc) is 2.06. The van der Waals surface area contributed by atoms with Crippen LogP contribution < -0.4 is 5.73 Å². The first kappa shape index (κ1) is 3.65. The third kappa shape index (κ3) is 0.506. The van der Waals surface area contributed by atoms with Gasteiger partial charge in [-0.25, -0.2) is 0 Å². The van der Waals surface area contributed by atoms with E-state index in [0.717, 1.165) is 6.42 Å². The van der Waals surface area contributed by atoms with Crippen molar-refractivity contribution in [2.75, 3.05) is 0 Å². The second kappa shape index (κ2) is 0.965. The van der Waals surface area contributed by atoms with E-state index in [2.05, 4.69) is 0 Å². The maximum atomic E-state index is 9.95. The molecule has 0 saturated heterocycles. The monoisotopic (exact) mass is 84.0 g/mol. The Morgan fingerprint density at radius 3 is 2.50 bits per heavy atom. The van der Waals surface area contributed by atoms with E-state index in [9.17, 15) is 4.79 Å². The lowest BCUT2D eigenvalue weighted by molar-refractivity contribution is -0.118. The van der Waals surface area contributed by atoms with Crippen molar-refractivity contribution in [1.29, 1.82) is 0 Å². The standard InChI is InChI=1S/C4H6NO/c5-4(6)3-1-2-3/h1,3H,2H2,(H2,5,6). The largest absolute Gasteiger partial charge is 0.369 e. The van der Waals surface area contributed by atoms with Gasteiger partial charge in [0.1, 0.15) is 0 Å². The van der Waals surface area contributed by atoms with Crippen molar-refractivity contribution in [2.24, 2.45) is 11.7 Å². The maximum Gasteiger partial charge on any atom is 0.220 e. The Kier molecular flexibility index (Phi) is 0.587. The molecule has 0 aliphatic heterocycles. The Morgan fingerprint density at radius 1 is 2.00 bits per heavy atom. The SMILES string of the molecule is NC(=O)C1[CH]C1. The summed E-state index contributed by atoms with van der Waals surface area (Å²) in [7, 11) is 0. The number of carbonyl (C=O) groups excluding carboxylic acids is 1. The van der Waals surface area contributed by atoms with Gasteiger partial charge in [0.25, 0.3) is 0 Å². The average molecular weight is 84.1 g/mol. The zero-order valence-corrected chi connectivity index (χ0v) is 3.35. The van der Waals surface area contributed by atoms with Gasteiger partial charge in [-0.3, -0.25) is 4.79 Å². The summed E-state index contributed by atoms with van der Waals surface area (Å²) in [5.41, 5.74) is 4.83. The van der Waals surface area contributed by atoms with Gasteiger partial charge < -0.3 is 5.73 Å². The smallest absolute Gasteiger partial charge is 0.220 e. The molecule has 0 spiro atoms. The van der Waals surface area contributed by atoms with Crippen LogP contribution in [0.5, 0.6) is 0 Å². The van der Waals surface area contributed by atoms with Gasteiger partial charge in [0.15, 0.2) is 0 Å². The summed E-state index contributed by atoms with van der Waals surface area (Å²) in [6.07, 6.45) is 2.79. The third-order valence-electron chi connectivity index (χ3n) is 0.837. The number of hydrogen-bond acceptors (Lipinski definition) is 1. The lowest BCUT2D eigenvalue weighted by Gasteiger charge is -1.76. The molecule has 0 aromatic heterocycles. The number of nitrogens with two attached hydrogens (primary N) is 1. The van der Waals surface area contributed by atoms with E-state index in [1.165, 1.54) is 0 Å². The molecule has 1 amide bonds. The number of rotatable bonds is 1. The lowest BCUT2D eigenvalue weighted by atomic mass is 10.4. The number of hydrogen-bond donors (Lipinski definition) is 1. The summed E-state index contributed by atoms with van der Waals surface area (Å²) in [4.78, 5) is 9.95. The highest BCUT2D eigenvalue weighted by atomic mass is 16.1. The molecule has 0 aromatic rings. The highest BCUT2D eigenvalue weighted by molar-refractivity contribution is 5.81. The number of amides is 1. The normalized spacial score (nSPS) is 20.7. The minimum Gasteiger partial charge on any atom is -0.369 e. The van der Waals surface area contributed by atoms with Crippen LogP contribution in [0.15, 0.2) is 0 Å². The van der Waals surface area contributed by atoms with Crippen LogP contribution >= 0.6 is 0 Å². The molecule has 0 bridgehead atoms. The Bertz CT molecular complexity index is 75.6. The summed E-state index contributed by atoms with van der Waals surface area (Å²) in [5.74, 6) is -0.0694. The van der Waals surface area contributed by atoms with Gasteiger partial charge in [-0.1, -0.05) is 0 Å². The molecule has 1 aliphatic rings. The van der Waals surface area contributed by atoms with Crippen LogP contribution in [0.4, 0.5) is 0 Å². The quantitative estimate of drug-likeness (QED) is 0.465. The second-order valence-corrected chi connectivity index (χ2v) is 1.48. The van der Waals surface area contributed by atoms with E-state index in [-0.39, 0.29) is 11.8 Å². The molecule has 0 aromatic carbocycles. The van der Waals surface area contributed by atoms with Gasteiger partial charge in [-0.15, -0.1) is 0 Å². The predicted molar refractivity (Wildman–Crippen MR) is 21.6 cm³/mol. The zero-order chi connectivity index (χ0) is 4.57. The van der Waals surface area contributed by atoms with Crippen LogP contribution in [0.3, 0.4) is 0 Å². The zero-order valence-electron chi connectivity index (χ0n) is 3.35. The topological polar surface area (TPSA) is 43.1 Å². The fraction of sp³-hybridized carbons (Fsp3) is 0.500. The van der Waals surface area contributed by atoms with Gasteiger partial charge in [-0.2, -0.15) is 0 Å². The molecule has 2 nitrogen and oxygen atoms in total. The van der Waals surface area contributed by atoms with E-state index in [1.807, 2.05) is 6.42 Å². The molecule has 1 saturated carbocycles. The van der Waals surface area contributed by atoms with E-state index in [1.54, 1.807) is 0 Å². The van der Waals surface area contributed by atoms with Gasteiger partial charge in [0.05, 0.1) is 0 Å². The van der Waals surface area contributed by atoms with Gasteiger partial charge >= 0.3 is 0 Å².